The molecule has 0 saturated heterocycles. The molecular formula is C15H13N3OS. The summed E-state index contributed by atoms with van der Waals surface area (Å²) in [4.78, 5) is 9.91. The Morgan fingerprint density at radius 1 is 1.10 bits per heavy atom. The number of nitrogens with one attached hydrogen (secondary N) is 1. The zero-order valence-electron chi connectivity index (χ0n) is 10.7. The van der Waals surface area contributed by atoms with Crippen molar-refractivity contribution in [1.29, 1.82) is 0 Å². The van der Waals surface area contributed by atoms with Crippen LogP contribution < -0.4 is 5.32 Å². The van der Waals surface area contributed by atoms with Gasteiger partial charge in [0.05, 0.1) is 17.2 Å². The van der Waals surface area contributed by atoms with Crippen molar-refractivity contribution in [2.45, 2.75) is 6.61 Å². The Kier molecular flexibility index (Phi) is 3.71. The first-order valence-corrected chi connectivity index (χ1v) is 7.07. The number of aromatic nitrogens is 2. The lowest BCUT2D eigenvalue weighted by Crippen LogP contribution is -1.97. The molecule has 0 atom stereocenters. The van der Waals surface area contributed by atoms with Crippen LogP contribution in [0.15, 0.2) is 54.0 Å². The summed E-state index contributed by atoms with van der Waals surface area (Å²) >= 11 is 1.66. The number of pyridine rings is 2. The Labute approximate surface area is 120 Å². The first kappa shape index (κ1) is 12.8. The summed E-state index contributed by atoms with van der Waals surface area (Å²) in [7, 11) is 0. The summed E-state index contributed by atoms with van der Waals surface area (Å²) < 4.78 is 0. The first-order chi connectivity index (χ1) is 9.85. The van der Waals surface area contributed by atoms with E-state index in [4.69, 9.17) is 5.11 Å². The fourth-order valence-corrected chi connectivity index (χ4v) is 2.53. The van der Waals surface area contributed by atoms with E-state index >= 15 is 0 Å². The van der Waals surface area contributed by atoms with Gasteiger partial charge in [0.2, 0.25) is 0 Å². The minimum atomic E-state index is -0.000135. The van der Waals surface area contributed by atoms with Crippen molar-refractivity contribution in [1.82, 2.24) is 9.97 Å². The molecule has 0 aromatic carbocycles. The van der Waals surface area contributed by atoms with Crippen molar-refractivity contribution >= 4 is 23.0 Å². The molecule has 0 saturated carbocycles. The van der Waals surface area contributed by atoms with Crippen LogP contribution in [-0.2, 0) is 6.61 Å². The van der Waals surface area contributed by atoms with Crippen LogP contribution in [0.3, 0.4) is 0 Å². The van der Waals surface area contributed by atoms with Gasteiger partial charge in [-0.1, -0.05) is 12.1 Å². The first-order valence-electron chi connectivity index (χ1n) is 6.19. The van der Waals surface area contributed by atoms with Gasteiger partial charge in [-0.15, -0.1) is 11.3 Å². The average Bonchev–Trinajstić information content (AvgIpc) is 3.02. The number of aliphatic hydroxyl groups is 1. The van der Waals surface area contributed by atoms with Crippen LogP contribution >= 0.6 is 11.3 Å². The van der Waals surface area contributed by atoms with E-state index in [1.54, 1.807) is 29.7 Å². The van der Waals surface area contributed by atoms with Gasteiger partial charge in [0.15, 0.2) is 0 Å². The van der Waals surface area contributed by atoms with Crippen LogP contribution in [-0.4, -0.2) is 15.1 Å². The Balaban J connectivity index is 1.85. The molecule has 0 amide bonds. The van der Waals surface area contributed by atoms with E-state index in [1.807, 2.05) is 35.7 Å². The minimum Gasteiger partial charge on any atom is -0.392 e. The zero-order chi connectivity index (χ0) is 13.8. The van der Waals surface area contributed by atoms with E-state index in [0.29, 0.717) is 5.82 Å². The monoisotopic (exact) mass is 283 g/mol. The third-order valence-corrected chi connectivity index (χ3v) is 3.68. The summed E-state index contributed by atoms with van der Waals surface area (Å²) in [6.45, 7) is -0.000135. The molecule has 0 bridgehead atoms. The van der Waals surface area contributed by atoms with Crippen molar-refractivity contribution in [3.05, 3.63) is 59.6 Å². The summed E-state index contributed by atoms with van der Waals surface area (Å²) in [6, 6.07) is 13.5. The van der Waals surface area contributed by atoms with Crippen molar-refractivity contribution in [3.63, 3.8) is 0 Å². The second kappa shape index (κ2) is 5.81. The second-order valence-corrected chi connectivity index (χ2v) is 5.17. The normalized spacial score (nSPS) is 10.4. The number of hydrogen-bond acceptors (Lipinski definition) is 5. The predicted octanol–water partition coefficient (Wildman–Crippen LogP) is 3.44. The van der Waals surface area contributed by atoms with Gasteiger partial charge >= 0.3 is 0 Å². The van der Waals surface area contributed by atoms with Crippen LogP contribution in [0.5, 0.6) is 0 Å². The molecule has 5 heteroatoms. The molecule has 3 aromatic heterocycles. The fraction of sp³-hybridized carbons (Fsp3) is 0.0667. The summed E-state index contributed by atoms with van der Waals surface area (Å²) in [6.07, 6.45) is 1.66. The number of aliphatic hydroxyl groups excluding tert-OH is 1. The summed E-state index contributed by atoms with van der Waals surface area (Å²) in [5.41, 5.74) is 1.75. The summed E-state index contributed by atoms with van der Waals surface area (Å²) in [5.74, 6) is 1.41. The molecule has 0 unspecified atom stereocenters. The number of anilines is 2. The lowest BCUT2D eigenvalue weighted by atomic mass is 10.2. The molecule has 3 heterocycles. The maximum Gasteiger partial charge on any atom is 0.132 e. The van der Waals surface area contributed by atoms with Crippen molar-refractivity contribution in [2.24, 2.45) is 0 Å². The number of nitrogens with zero attached hydrogens (tertiary/aromatic N) is 2. The maximum absolute atomic E-state index is 9.13. The molecular weight excluding hydrogens is 270 g/mol. The molecule has 3 rings (SSSR count). The Morgan fingerprint density at radius 3 is 2.85 bits per heavy atom. The predicted molar refractivity (Wildman–Crippen MR) is 81.0 cm³/mol. The highest BCUT2D eigenvalue weighted by Crippen LogP contribution is 2.24. The topological polar surface area (TPSA) is 58.0 Å². The summed E-state index contributed by atoms with van der Waals surface area (Å²) in [5, 5.41) is 14.3. The van der Waals surface area contributed by atoms with Crippen molar-refractivity contribution in [3.8, 4) is 10.6 Å². The lowest BCUT2D eigenvalue weighted by Gasteiger charge is -2.07. The highest BCUT2D eigenvalue weighted by molar-refractivity contribution is 7.13. The highest BCUT2D eigenvalue weighted by Gasteiger charge is 2.03. The fourth-order valence-electron chi connectivity index (χ4n) is 1.84. The highest BCUT2D eigenvalue weighted by atomic mass is 32.1. The van der Waals surface area contributed by atoms with Crippen molar-refractivity contribution in [2.75, 3.05) is 5.32 Å². The van der Waals surface area contributed by atoms with Crippen LogP contribution in [0, 0.1) is 0 Å². The molecule has 0 fully saturated rings. The van der Waals surface area contributed by atoms with Crippen LogP contribution in [0.1, 0.15) is 5.56 Å². The largest absolute Gasteiger partial charge is 0.392 e. The van der Waals surface area contributed by atoms with Gasteiger partial charge in [0.1, 0.15) is 11.6 Å². The molecule has 20 heavy (non-hydrogen) atoms. The van der Waals surface area contributed by atoms with Crippen LogP contribution in [0.2, 0.25) is 0 Å². The molecule has 100 valence electrons. The molecule has 0 spiro atoms. The van der Waals surface area contributed by atoms with E-state index in [0.717, 1.165) is 22.0 Å². The smallest absolute Gasteiger partial charge is 0.132 e. The molecule has 0 aliphatic rings. The van der Waals surface area contributed by atoms with Gasteiger partial charge in [-0.05, 0) is 41.3 Å². The minimum absolute atomic E-state index is 0.000135. The molecule has 2 N–H and O–H groups in total. The number of thiophene rings is 1. The molecule has 3 aromatic rings. The molecule has 0 radical (unpaired) electrons. The van der Waals surface area contributed by atoms with Crippen LogP contribution in [0.25, 0.3) is 10.6 Å². The molecule has 0 aliphatic heterocycles. The number of rotatable bonds is 4. The second-order valence-electron chi connectivity index (χ2n) is 4.22. The standard InChI is InChI=1S/C15H13N3OS/c19-10-11-6-7-16-15(9-11)18-14-5-1-3-12(17-14)13-4-2-8-20-13/h1-9,19H,10H2,(H,16,17,18). The van der Waals surface area contributed by atoms with E-state index < -0.39 is 0 Å². The van der Waals surface area contributed by atoms with Gasteiger partial charge < -0.3 is 10.4 Å². The van der Waals surface area contributed by atoms with E-state index in [2.05, 4.69) is 15.3 Å². The average molecular weight is 283 g/mol. The van der Waals surface area contributed by atoms with Crippen molar-refractivity contribution < 1.29 is 5.11 Å². The zero-order valence-corrected chi connectivity index (χ0v) is 11.5. The Bertz CT molecular complexity index is 698. The molecule has 4 nitrogen and oxygen atoms in total. The Hall–Kier alpha value is -2.24. The lowest BCUT2D eigenvalue weighted by molar-refractivity contribution is 0.282. The van der Waals surface area contributed by atoms with Gasteiger partial charge in [-0.3, -0.25) is 0 Å². The quantitative estimate of drug-likeness (QED) is 0.770. The van der Waals surface area contributed by atoms with E-state index in [9.17, 15) is 0 Å². The SMILES string of the molecule is OCc1ccnc(Nc2cccc(-c3cccs3)n2)c1. The third kappa shape index (κ3) is 2.84. The van der Waals surface area contributed by atoms with Gasteiger partial charge in [0.25, 0.3) is 0 Å². The maximum atomic E-state index is 9.13. The van der Waals surface area contributed by atoms with Crippen LogP contribution in [0.4, 0.5) is 11.6 Å². The van der Waals surface area contributed by atoms with E-state index in [1.165, 1.54) is 0 Å². The van der Waals surface area contributed by atoms with Gasteiger partial charge in [0, 0.05) is 6.20 Å². The van der Waals surface area contributed by atoms with Gasteiger partial charge in [-0.25, -0.2) is 9.97 Å². The Morgan fingerprint density at radius 2 is 2.05 bits per heavy atom. The van der Waals surface area contributed by atoms with E-state index in [-0.39, 0.29) is 6.61 Å². The molecule has 0 aliphatic carbocycles. The third-order valence-electron chi connectivity index (χ3n) is 2.79. The number of hydrogen-bond donors (Lipinski definition) is 2. The van der Waals surface area contributed by atoms with Gasteiger partial charge in [-0.2, -0.15) is 0 Å².